The summed E-state index contributed by atoms with van der Waals surface area (Å²) in [6.45, 7) is 3.63. The molecular weight excluding hydrogens is 364 g/mol. The molecule has 7 heteroatoms. The van der Waals surface area contributed by atoms with E-state index in [1.54, 1.807) is 17.3 Å². The van der Waals surface area contributed by atoms with Crippen LogP contribution in [0.25, 0.3) is 0 Å². The number of nitrogens with one attached hydrogen (secondary N) is 2. The van der Waals surface area contributed by atoms with Gasteiger partial charge in [0.1, 0.15) is 11.5 Å². The van der Waals surface area contributed by atoms with Crippen molar-refractivity contribution in [2.45, 2.75) is 31.8 Å². The minimum Gasteiger partial charge on any atom is -0.368 e. The molecule has 0 unspecified atom stereocenters. The summed E-state index contributed by atoms with van der Waals surface area (Å²) < 4.78 is 0. The second-order valence-electron chi connectivity index (χ2n) is 7.92. The van der Waals surface area contributed by atoms with E-state index in [1.165, 1.54) is 11.1 Å². The zero-order valence-electron chi connectivity index (χ0n) is 17.7. The van der Waals surface area contributed by atoms with E-state index >= 15 is 0 Å². The molecule has 1 amide bonds. The Hall–Kier alpha value is -2.51. The monoisotopic (exact) mass is 396 g/mol. The lowest BCUT2D eigenvalue weighted by Crippen LogP contribution is -2.44. The smallest absolute Gasteiger partial charge is 0.274 e. The lowest BCUT2D eigenvalue weighted by atomic mass is 10.1. The zero-order valence-corrected chi connectivity index (χ0v) is 17.7. The average molecular weight is 397 g/mol. The average Bonchev–Trinajstić information content (AvgIpc) is 2.75. The molecule has 0 bridgehead atoms. The fraction of sp³-hybridized carbons (Fsp3) is 0.500. The molecule has 1 aromatic heterocycles. The van der Waals surface area contributed by atoms with E-state index in [-0.39, 0.29) is 11.9 Å². The number of carbonyl (C=O) groups excluding carboxylic acids is 1. The molecule has 3 rings (SSSR count). The number of rotatable bonds is 8. The van der Waals surface area contributed by atoms with Gasteiger partial charge in [-0.05, 0) is 57.6 Å². The van der Waals surface area contributed by atoms with Crippen LogP contribution in [0.2, 0.25) is 0 Å². The molecule has 0 spiro atoms. The molecule has 2 N–H and O–H groups in total. The molecule has 1 saturated heterocycles. The molecule has 1 aliphatic heterocycles. The second-order valence-corrected chi connectivity index (χ2v) is 7.92. The standard InChI is InChI=1S/C22H32N6O/c1-27(2)16-18-6-4-17(5-7-18)8-13-24-21-15-25-20(14-26-21)22(29)28(3)19-9-11-23-12-10-19/h4-7,14-15,19,23H,8-13,16H2,1-3H3,(H,24,26). The summed E-state index contributed by atoms with van der Waals surface area (Å²) in [4.78, 5) is 25.3. The maximum absolute atomic E-state index is 12.6. The number of amides is 1. The third-order valence-corrected chi connectivity index (χ3v) is 5.29. The summed E-state index contributed by atoms with van der Waals surface area (Å²) >= 11 is 0. The molecule has 0 saturated carbocycles. The van der Waals surface area contributed by atoms with Gasteiger partial charge in [-0.15, -0.1) is 0 Å². The SMILES string of the molecule is CN(C)Cc1ccc(CCNc2cnc(C(=O)N(C)C3CCNCC3)cn2)cc1. The van der Waals surface area contributed by atoms with Crippen LogP contribution < -0.4 is 10.6 Å². The number of anilines is 1. The predicted octanol–water partition coefficient (Wildman–Crippen LogP) is 2.02. The van der Waals surface area contributed by atoms with Crippen molar-refractivity contribution in [3.63, 3.8) is 0 Å². The topological polar surface area (TPSA) is 73.4 Å². The fourth-order valence-corrected chi connectivity index (χ4v) is 3.58. The van der Waals surface area contributed by atoms with Crippen LogP contribution in [0.4, 0.5) is 5.82 Å². The molecule has 1 aromatic carbocycles. The Balaban J connectivity index is 1.47. The van der Waals surface area contributed by atoms with E-state index in [4.69, 9.17) is 0 Å². The van der Waals surface area contributed by atoms with Crippen LogP contribution in [0.3, 0.4) is 0 Å². The molecule has 29 heavy (non-hydrogen) atoms. The zero-order chi connectivity index (χ0) is 20.6. The Morgan fingerprint density at radius 1 is 1.07 bits per heavy atom. The van der Waals surface area contributed by atoms with Crippen molar-refractivity contribution in [3.8, 4) is 0 Å². The first kappa shape index (κ1) is 21.2. The fourth-order valence-electron chi connectivity index (χ4n) is 3.58. The lowest BCUT2D eigenvalue weighted by Gasteiger charge is -2.31. The molecule has 0 aliphatic carbocycles. The molecule has 0 radical (unpaired) electrons. The Morgan fingerprint density at radius 2 is 1.76 bits per heavy atom. The normalized spacial score (nSPS) is 14.8. The highest BCUT2D eigenvalue weighted by Gasteiger charge is 2.23. The van der Waals surface area contributed by atoms with E-state index in [1.807, 2.05) is 7.05 Å². The Morgan fingerprint density at radius 3 is 2.38 bits per heavy atom. The lowest BCUT2D eigenvalue weighted by molar-refractivity contribution is 0.0697. The van der Waals surface area contributed by atoms with Gasteiger partial charge in [-0.2, -0.15) is 0 Å². The molecule has 0 atom stereocenters. The second kappa shape index (κ2) is 10.3. The largest absolute Gasteiger partial charge is 0.368 e. The van der Waals surface area contributed by atoms with Crippen LogP contribution in [-0.2, 0) is 13.0 Å². The maximum atomic E-state index is 12.6. The van der Waals surface area contributed by atoms with Gasteiger partial charge in [0.05, 0.1) is 12.4 Å². The van der Waals surface area contributed by atoms with Gasteiger partial charge in [-0.3, -0.25) is 4.79 Å². The van der Waals surface area contributed by atoms with Crippen molar-refractivity contribution in [2.75, 3.05) is 46.1 Å². The summed E-state index contributed by atoms with van der Waals surface area (Å²) in [5, 5.41) is 6.60. The minimum atomic E-state index is -0.0613. The Labute approximate surface area is 173 Å². The number of hydrogen-bond donors (Lipinski definition) is 2. The molecule has 1 fully saturated rings. The number of benzene rings is 1. The number of nitrogens with zero attached hydrogens (tertiary/aromatic N) is 4. The molecular formula is C22H32N6O. The van der Waals surface area contributed by atoms with Gasteiger partial charge in [0.25, 0.3) is 5.91 Å². The summed E-state index contributed by atoms with van der Waals surface area (Å²) in [6, 6.07) is 8.96. The Bertz CT molecular complexity index is 769. The van der Waals surface area contributed by atoms with Crippen LogP contribution in [0.5, 0.6) is 0 Å². The van der Waals surface area contributed by atoms with Gasteiger partial charge >= 0.3 is 0 Å². The predicted molar refractivity (Wildman–Crippen MR) is 116 cm³/mol. The highest BCUT2D eigenvalue weighted by atomic mass is 16.2. The van der Waals surface area contributed by atoms with Gasteiger partial charge in [0.15, 0.2) is 0 Å². The van der Waals surface area contributed by atoms with E-state index in [9.17, 15) is 4.79 Å². The minimum absolute atomic E-state index is 0.0613. The van der Waals surface area contributed by atoms with Crippen molar-refractivity contribution in [3.05, 3.63) is 53.5 Å². The summed E-state index contributed by atoms with van der Waals surface area (Å²) in [5.74, 6) is 0.629. The first-order valence-corrected chi connectivity index (χ1v) is 10.3. The van der Waals surface area contributed by atoms with Crippen LogP contribution >= 0.6 is 0 Å². The van der Waals surface area contributed by atoms with Crippen molar-refractivity contribution in [1.82, 2.24) is 25.1 Å². The van der Waals surface area contributed by atoms with Gasteiger partial charge in [-0.1, -0.05) is 24.3 Å². The number of carbonyl (C=O) groups is 1. The summed E-state index contributed by atoms with van der Waals surface area (Å²) in [7, 11) is 6.00. The summed E-state index contributed by atoms with van der Waals surface area (Å²) in [6.07, 6.45) is 6.07. The van der Waals surface area contributed by atoms with Crippen molar-refractivity contribution < 1.29 is 4.79 Å². The molecule has 7 nitrogen and oxygen atoms in total. The van der Waals surface area contributed by atoms with E-state index < -0.39 is 0 Å². The van der Waals surface area contributed by atoms with Crippen LogP contribution in [0, 0.1) is 0 Å². The van der Waals surface area contributed by atoms with Crippen LogP contribution in [-0.4, -0.2) is 72.5 Å². The molecule has 2 heterocycles. The number of aromatic nitrogens is 2. The molecule has 1 aliphatic rings. The van der Waals surface area contributed by atoms with E-state index in [0.717, 1.165) is 45.4 Å². The van der Waals surface area contributed by atoms with Crippen molar-refractivity contribution in [1.29, 1.82) is 0 Å². The third-order valence-electron chi connectivity index (χ3n) is 5.29. The highest BCUT2D eigenvalue weighted by molar-refractivity contribution is 5.92. The first-order valence-electron chi connectivity index (χ1n) is 10.3. The van der Waals surface area contributed by atoms with Gasteiger partial charge in [-0.25, -0.2) is 9.97 Å². The van der Waals surface area contributed by atoms with Crippen LogP contribution in [0.1, 0.15) is 34.5 Å². The highest BCUT2D eigenvalue weighted by Crippen LogP contribution is 2.13. The van der Waals surface area contributed by atoms with E-state index in [0.29, 0.717) is 11.5 Å². The van der Waals surface area contributed by atoms with Gasteiger partial charge in [0.2, 0.25) is 0 Å². The molecule has 156 valence electrons. The van der Waals surface area contributed by atoms with Crippen molar-refractivity contribution >= 4 is 11.7 Å². The van der Waals surface area contributed by atoms with Gasteiger partial charge < -0.3 is 20.4 Å². The van der Waals surface area contributed by atoms with Gasteiger partial charge in [0, 0.05) is 26.2 Å². The Kier molecular flexibility index (Phi) is 7.55. The van der Waals surface area contributed by atoms with E-state index in [2.05, 4.69) is 63.9 Å². The molecule has 2 aromatic rings. The quantitative estimate of drug-likeness (QED) is 0.711. The van der Waals surface area contributed by atoms with Crippen molar-refractivity contribution in [2.24, 2.45) is 0 Å². The first-order chi connectivity index (χ1) is 14.0. The maximum Gasteiger partial charge on any atom is 0.274 e. The summed E-state index contributed by atoms with van der Waals surface area (Å²) in [5.41, 5.74) is 2.99. The van der Waals surface area contributed by atoms with Crippen LogP contribution in [0.15, 0.2) is 36.7 Å². The number of piperidine rings is 1. The number of hydrogen-bond acceptors (Lipinski definition) is 6. The third kappa shape index (κ3) is 6.24.